The van der Waals surface area contributed by atoms with Gasteiger partial charge in [-0.1, -0.05) is 41.7 Å². The molecule has 0 radical (unpaired) electrons. The average Bonchev–Trinajstić information content (AvgIpc) is 2.86. The predicted octanol–water partition coefficient (Wildman–Crippen LogP) is 2.83. The summed E-state index contributed by atoms with van der Waals surface area (Å²) >= 11 is 1.70. The third-order valence-corrected chi connectivity index (χ3v) is 3.91. The molecule has 0 aliphatic rings. The second kappa shape index (κ2) is 3.98. The summed E-state index contributed by atoms with van der Waals surface area (Å²) in [7, 11) is 0. The van der Waals surface area contributed by atoms with Crippen molar-refractivity contribution in [3.05, 3.63) is 47.9 Å². The first-order valence-electron chi connectivity index (χ1n) is 5.52. The summed E-state index contributed by atoms with van der Waals surface area (Å²) in [6, 6.07) is 10.3. The van der Waals surface area contributed by atoms with Crippen LogP contribution in [0.15, 0.2) is 36.5 Å². The zero-order valence-corrected chi connectivity index (χ0v) is 10.4. The number of rotatable bonds is 2. The third kappa shape index (κ3) is 1.66. The molecule has 3 nitrogen and oxygen atoms in total. The molecule has 3 rings (SSSR count). The number of imidazole rings is 1. The normalized spacial score (nSPS) is 11.2. The molecule has 3 aromatic rings. The van der Waals surface area contributed by atoms with Crippen molar-refractivity contribution in [1.29, 1.82) is 0 Å². The van der Waals surface area contributed by atoms with E-state index in [9.17, 15) is 0 Å². The van der Waals surface area contributed by atoms with E-state index in [-0.39, 0.29) is 0 Å². The molecule has 86 valence electrons. The van der Waals surface area contributed by atoms with Crippen molar-refractivity contribution < 1.29 is 0 Å². The average molecular weight is 243 g/mol. The molecule has 0 unspecified atom stereocenters. The topological polar surface area (TPSA) is 43.3 Å². The van der Waals surface area contributed by atoms with Gasteiger partial charge in [-0.2, -0.15) is 0 Å². The van der Waals surface area contributed by atoms with E-state index in [1.165, 1.54) is 10.4 Å². The molecule has 0 saturated heterocycles. The molecule has 0 spiro atoms. The summed E-state index contributed by atoms with van der Waals surface area (Å²) in [5.74, 6) is 0. The van der Waals surface area contributed by atoms with Crippen molar-refractivity contribution >= 4 is 16.3 Å². The molecule has 0 aliphatic heterocycles. The first-order chi connectivity index (χ1) is 8.29. The smallest absolute Gasteiger partial charge is 0.194 e. The van der Waals surface area contributed by atoms with Crippen molar-refractivity contribution in [2.45, 2.75) is 13.5 Å². The van der Waals surface area contributed by atoms with E-state index in [2.05, 4.69) is 27.7 Å². The van der Waals surface area contributed by atoms with Crippen molar-refractivity contribution in [3.8, 4) is 10.4 Å². The molecule has 0 aliphatic carbocycles. The zero-order chi connectivity index (χ0) is 11.8. The van der Waals surface area contributed by atoms with Crippen LogP contribution in [-0.4, -0.2) is 9.38 Å². The van der Waals surface area contributed by atoms with Gasteiger partial charge in [-0.25, -0.2) is 4.98 Å². The molecular formula is C13H13N3S. The molecule has 2 N–H and O–H groups in total. The van der Waals surface area contributed by atoms with Crippen LogP contribution in [-0.2, 0) is 6.54 Å². The number of nitrogens with two attached hydrogens (primary N) is 1. The van der Waals surface area contributed by atoms with Gasteiger partial charge in [0, 0.05) is 12.7 Å². The fourth-order valence-corrected chi connectivity index (χ4v) is 3.03. The van der Waals surface area contributed by atoms with Crippen LogP contribution in [0.5, 0.6) is 0 Å². The van der Waals surface area contributed by atoms with Gasteiger partial charge in [-0.05, 0) is 12.5 Å². The van der Waals surface area contributed by atoms with Crippen molar-refractivity contribution in [3.63, 3.8) is 0 Å². The Morgan fingerprint density at radius 2 is 2.06 bits per heavy atom. The minimum Gasteiger partial charge on any atom is -0.325 e. The zero-order valence-electron chi connectivity index (χ0n) is 9.55. The van der Waals surface area contributed by atoms with E-state index < -0.39 is 0 Å². The van der Waals surface area contributed by atoms with E-state index in [1.54, 1.807) is 11.3 Å². The van der Waals surface area contributed by atoms with Crippen LogP contribution in [0.4, 0.5) is 0 Å². The van der Waals surface area contributed by atoms with Crippen LogP contribution in [0, 0.1) is 6.92 Å². The highest BCUT2D eigenvalue weighted by Gasteiger charge is 2.11. The minimum atomic E-state index is 0.526. The standard InChI is InChI=1S/C13H13N3S/c1-9-11(7-14)16-8-12(17-13(16)15-9)10-5-3-2-4-6-10/h2-6,8H,7,14H2,1H3. The minimum absolute atomic E-state index is 0.526. The van der Waals surface area contributed by atoms with Gasteiger partial charge in [0.2, 0.25) is 0 Å². The molecule has 2 aromatic heterocycles. The highest BCUT2D eigenvalue weighted by molar-refractivity contribution is 7.20. The van der Waals surface area contributed by atoms with Gasteiger partial charge < -0.3 is 5.73 Å². The predicted molar refractivity (Wildman–Crippen MR) is 71.1 cm³/mol. The van der Waals surface area contributed by atoms with Crippen LogP contribution in [0.2, 0.25) is 0 Å². The maximum Gasteiger partial charge on any atom is 0.194 e. The maximum absolute atomic E-state index is 5.75. The highest BCUT2D eigenvalue weighted by atomic mass is 32.1. The van der Waals surface area contributed by atoms with Crippen molar-refractivity contribution in [1.82, 2.24) is 9.38 Å². The van der Waals surface area contributed by atoms with E-state index in [0.717, 1.165) is 16.3 Å². The number of hydrogen-bond donors (Lipinski definition) is 1. The lowest BCUT2D eigenvalue weighted by molar-refractivity contribution is 0.950. The highest BCUT2D eigenvalue weighted by Crippen LogP contribution is 2.29. The number of aromatic nitrogens is 2. The van der Waals surface area contributed by atoms with E-state index in [1.807, 2.05) is 25.1 Å². The molecule has 0 atom stereocenters. The van der Waals surface area contributed by atoms with E-state index >= 15 is 0 Å². The van der Waals surface area contributed by atoms with Crippen molar-refractivity contribution in [2.24, 2.45) is 5.73 Å². The lowest BCUT2D eigenvalue weighted by Crippen LogP contribution is -2.01. The largest absolute Gasteiger partial charge is 0.325 e. The monoisotopic (exact) mass is 243 g/mol. The van der Waals surface area contributed by atoms with Gasteiger partial charge in [0.1, 0.15) is 0 Å². The summed E-state index contributed by atoms with van der Waals surface area (Å²) in [6.45, 7) is 2.53. The number of nitrogens with zero attached hydrogens (tertiary/aromatic N) is 2. The fraction of sp³-hybridized carbons (Fsp3) is 0.154. The fourth-order valence-electron chi connectivity index (χ4n) is 1.98. The van der Waals surface area contributed by atoms with Gasteiger partial charge >= 0.3 is 0 Å². The number of benzene rings is 1. The molecular weight excluding hydrogens is 230 g/mol. The van der Waals surface area contributed by atoms with Crippen LogP contribution in [0.1, 0.15) is 11.4 Å². The van der Waals surface area contributed by atoms with Gasteiger partial charge in [0.25, 0.3) is 0 Å². The van der Waals surface area contributed by atoms with Gasteiger partial charge in [-0.15, -0.1) is 0 Å². The van der Waals surface area contributed by atoms with Gasteiger partial charge in [0.15, 0.2) is 4.96 Å². The van der Waals surface area contributed by atoms with Crippen LogP contribution in [0.3, 0.4) is 0 Å². The Kier molecular flexibility index (Phi) is 2.46. The second-order valence-corrected chi connectivity index (χ2v) is 4.97. The quantitative estimate of drug-likeness (QED) is 0.752. The SMILES string of the molecule is Cc1nc2sc(-c3ccccc3)cn2c1CN. The second-order valence-electron chi connectivity index (χ2n) is 3.96. The molecule has 0 amide bonds. The lowest BCUT2D eigenvalue weighted by atomic mass is 10.2. The van der Waals surface area contributed by atoms with Gasteiger partial charge in [-0.3, -0.25) is 4.40 Å². The Morgan fingerprint density at radius 3 is 2.76 bits per heavy atom. The summed E-state index contributed by atoms with van der Waals surface area (Å²) in [6.07, 6.45) is 2.12. The van der Waals surface area contributed by atoms with E-state index in [0.29, 0.717) is 6.54 Å². The molecule has 17 heavy (non-hydrogen) atoms. The summed E-state index contributed by atoms with van der Waals surface area (Å²) in [5.41, 5.74) is 9.10. The maximum atomic E-state index is 5.75. The third-order valence-electron chi connectivity index (χ3n) is 2.88. The molecule has 0 saturated carbocycles. The number of aryl methyl sites for hydroxylation is 1. The Morgan fingerprint density at radius 1 is 1.29 bits per heavy atom. The lowest BCUT2D eigenvalue weighted by Gasteiger charge is -1.96. The first kappa shape index (κ1) is 10.5. The van der Waals surface area contributed by atoms with E-state index in [4.69, 9.17) is 5.73 Å². The Balaban J connectivity index is 2.18. The first-order valence-corrected chi connectivity index (χ1v) is 6.34. The summed E-state index contributed by atoms with van der Waals surface area (Å²) < 4.78 is 2.10. The Hall–Kier alpha value is -1.65. The molecule has 2 heterocycles. The van der Waals surface area contributed by atoms with Crippen LogP contribution < -0.4 is 5.73 Å². The van der Waals surface area contributed by atoms with Crippen molar-refractivity contribution in [2.75, 3.05) is 0 Å². The van der Waals surface area contributed by atoms with Crippen LogP contribution in [0.25, 0.3) is 15.4 Å². The Labute approximate surface area is 104 Å². The number of fused-ring (bicyclic) bond motifs is 1. The Bertz CT molecular complexity index is 652. The summed E-state index contributed by atoms with van der Waals surface area (Å²) in [5, 5.41) is 0. The van der Waals surface area contributed by atoms with Gasteiger partial charge in [0.05, 0.1) is 16.3 Å². The number of hydrogen-bond acceptors (Lipinski definition) is 3. The molecule has 1 aromatic carbocycles. The molecule has 0 fully saturated rings. The molecule has 4 heteroatoms. The molecule has 0 bridgehead atoms. The number of thiazole rings is 1. The summed E-state index contributed by atoms with van der Waals surface area (Å²) in [4.78, 5) is 6.77. The van der Waals surface area contributed by atoms with Crippen LogP contribution >= 0.6 is 11.3 Å².